The van der Waals surface area contributed by atoms with Crippen molar-refractivity contribution < 1.29 is 8.42 Å². The van der Waals surface area contributed by atoms with Crippen LogP contribution >= 0.6 is 0 Å². The molecular weight excluding hydrogens is 248 g/mol. The van der Waals surface area contributed by atoms with E-state index in [2.05, 4.69) is 10.2 Å². The molecule has 3 rings (SSSR count). The minimum Gasteiger partial charge on any atom is -0.311 e. The van der Waals surface area contributed by atoms with Gasteiger partial charge in [-0.05, 0) is 51.2 Å². The Morgan fingerprint density at radius 2 is 1.78 bits per heavy atom. The van der Waals surface area contributed by atoms with Gasteiger partial charge in [0.15, 0.2) is 9.84 Å². The van der Waals surface area contributed by atoms with Gasteiger partial charge in [-0.15, -0.1) is 0 Å². The highest BCUT2D eigenvalue weighted by Gasteiger charge is 2.41. The van der Waals surface area contributed by atoms with Gasteiger partial charge in [0, 0.05) is 12.1 Å². The second-order valence-electron chi connectivity index (χ2n) is 6.20. The van der Waals surface area contributed by atoms with E-state index in [9.17, 15) is 8.42 Å². The summed E-state index contributed by atoms with van der Waals surface area (Å²) < 4.78 is 23.8. The number of hydrogen-bond donors (Lipinski definition) is 1. The minimum absolute atomic E-state index is 0.175. The Balaban J connectivity index is 1.63. The Morgan fingerprint density at radius 3 is 2.44 bits per heavy atom. The first-order valence-electron chi connectivity index (χ1n) is 7.32. The Bertz CT molecular complexity index is 386. The number of sulfone groups is 1. The number of nitrogens with one attached hydrogen (secondary N) is 1. The maximum Gasteiger partial charge on any atom is 0.153 e. The van der Waals surface area contributed by atoms with Gasteiger partial charge in [-0.25, -0.2) is 8.42 Å². The van der Waals surface area contributed by atoms with Crippen LogP contribution in [0.4, 0.5) is 0 Å². The van der Waals surface area contributed by atoms with Crippen LogP contribution in [0.5, 0.6) is 0 Å². The van der Waals surface area contributed by atoms with Gasteiger partial charge in [-0.2, -0.15) is 0 Å². The summed E-state index contributed by atoms with van der Waals surface area (Å²) in [5, 5.41) is 3.53. The molecule has 0 aromatic carbocycles. The van der Waals surface area contributed by atoms with E-state index in [-0.39, 0.29) is 12.1 Å². The van der Waals surface area contributed by atoms with Gasteiger partial charge in [0.2, 0.25) is 0 Å². The van der Waals surface area contributed by atoms with Gasteiger partial charge in [0.1, 0.15) is 0 Å². The van der Waals surface area contributed by atoms with E-state index in [0.29, 0.717) is 11.5 Å². The first-order valence-corrected chi connectivity index (χ1v) is 9.14. The fraction of sp³-hybridized carbons (Fsp3) is 1.00. The Labute approximate surface area is 110 Å². The second kappa shape index (κ2) is 5.10. The third kappa shape index (κ3) is 3.06. The molecule has 0 spiro atoms. The van der Waals surface area contributed by atoms with Crippen molar-refractivity contribution in [3.05, 3.63) is 0 Å². The van der Waals surface area contributed by atoms with E-state index in [1.165, 1.54) is 32.1 Å². The molecule has 0 bridgehead atoms. The summed E-state index contributed by atoms with van der Waals surface area (Å²) in [5.41, 5.74) is 0. The van der Waals surface area contributed by atoms with E-state index in [1.807, 2.05) is 0 Å². The summed E-state index contributed by atoms with van der Waals surface area (Å²) in [7, 11) is -2.83. The molecule has 104 valence electrons. The van der Waals surface area contributed by atoms with Crippen molar-refractivity contribution in [2.75, 3.05) is 31.1 Å². The lowest BCUT2D eigenvalue weighted by molar-refractivity contribution is 0.155. The maximum atomic E-state index is 11.9. The van der Waals surface area contributed by atoms with Gasteiger partial charge in [0.05, 0.1) is 11.5 Å². The molecule has 0 radical (unpaired) electrons. The molecule has 18 heavy (non-hydrogen) atoms. The summed E-state index contributed by atoms with van der Waals surface area (Å²) in [4.78, 5) is 2.42. The number of likely N-dealkylation sites (tertiary alicyclic amines) is 1. The molecule has 0 aromatic heterocycles. The summed E-state index contributed by atoms with van der Waals surface area (Å²) in [6.07, 6.45) is 6.40. The van der Waals surface area contributed by atoms with Crippen LogP contribution in [0, 0.1) is 5.92 Å². The molecule has 3 fully saturated rings. The second-order valence-corrected chi connectivity index (χ2v) is 8.35. The highest BCUT2D eigenvalue weighted by atomic mass is 32.2. The van der Waals surface area contributed by atoms with Crippen LogP contribution in [-0.2, 0) is 9.84 Å². The van der Waals surface area contributed by atoms with Crippen molar-refractivity contribution in [2.24, 2.45) is 5.92 Å². The number of nitrogens with zero attached hydrogens (tertiary/aromatic N) is 1. The third-order valence-corrected chi connectivity index (χ3v) is 6.26. The lowest BCUT2D eigenvalue weighted by Gasteiger charge is -2.35. The van der Waals surface area contributed by atoms with Crippen LogP contribution in [0.25, 0.3) is 0 Å². The predicted molar refractivity (Wildman–Crippen MR) is 72.4 cm³/mol. The van der Waals surface area contributed by atoms with Crippen molar-refractivity contribution in [3.8, 4) is 0 Å². The van der Waals surface area contributed by atoms with E-state index < -0.39 is 9.84 Å². The van der Waals surface area contributed by atoms with Gasteiger partial charge in [-0.3, -0.25) is 4.90 Å². The molecule has 3 aliphatic rings. The highest BCUT2D eigenvalue weighted by Crippen LogP contribution is 2.29. The molecule has 2 saturated heterocycles. The predicted octanol–water partition coefficient (Wildman–Crippen LogP) is 0.638. The van der Waals surface area contributed by atoms with Gasteiger partial charge in [0.25, 0.3) is 0 Å². The number of hydrogen-bond acceptors (Lipinski definition) is 4. The molecule has 1 aliphatic carbocycles. The lowest BCUT2D eigenvalue weighted by atomic mass is 10.0. The molecular formula is C13H24N2O2S. The van der Waals surface area contributed by atoms with Gasteiger partial charge in [-0.1, -0.05) is 6.42 Å². The largest absolute Gasteiger partial charge is 0.311 e. The van der Waals surface area contributed by atoms with E-state index in [1.54, 1.807) is 0 Å². The van der Waals surface area contributed by atoms with Crippen molar-refractivity contribution >= 4 is 9.84 Å². The molecule has 0 unspecified atom stereocenters. The minimum atomic E-state index is -2.83. The third-order valence-electron chi connectivity index (χ3n) is 4.55. The van der Waals surface area contributed by atoms with Crippen LogP contribution < -0.4 is 5.32 Å². The summed E-state index contributed by atoms with van der Waals surface area (Å²) in [6, 6.07) is 0.405. The van der Waals surface area contributed by atoms with Crippen molar-refractivity contribution in [2.45, 2.75) is 44.2 Å². The first-order chi connectivity index (χ1) is 8.64. The quantitative estimate of drug-likeness (QED) is 0.816. The molecule has 4 nitrogen and oxygen atoms in total. The van der Waals surface area contributed by atoms with E-state index in [0.717, 1.165) is 25.6 Å². The molecule has 1 saturated carbocycles. The molecule has 2 aliphatic heterocycles. The maximum absolute atomic E-state index is 11.9. The molecule has 2 heterocycles. The fourth-order valence-electron chi connectivity index (χ4n) is 3.27. The van der Waals surface area contributed by atoms with Crippen LogP contribution in [0.1, 0.15) is 32.1 Å². The summed E-state index contributed by atoms with van der Waals surface area (Å²) >= 11 is 0. The van der Waals surface area contributed by atoms with Gasteiger partial charge < -0.3 is 5.32 Å². The lowest BCUT2D eigenvalue weighted by Crippen LogP contribution is -2.51. The summed E-state index contributed by atoms with van der Waals surface area (Å²) in [5.74, 6) is 1.53. The molecule has 1 N–H and O–H groups in total. The molecule has 5 heteroatoms. The zero-order chi connectivity index (χ0) is 12.6. The Hall–Kier alpha value is -0.130. The molecule has 2 atom stereocenters. The molecule has 0 aromatic rings. The van der Waals surface area contributed by atoms with Crippen LogP contribution in [0.15, 0.2) is 0 Å². The van der Waals surface area contributed by atoms with Crippen molar-refractivity contribution in [1.82, 2.24) is 10.2 Å². The zero-order valence-corrected chi connectivity index (χ0v) is 11.8. The average molecular weight is 272 g/mol. The number of rotatable bonds is 4. The zero-order valence-electron chi connectivity index (χ0n) is 11.0. The Morgan fingerprint density at radius 1 is 1.06 bits per heavy atom. The van der Waals surface area contributed by atoms with Gasteiger partial charge >= 0.3 is 0 Å². The fourth-order valence-corrected chi connectivity index (χ4v) is 5.26. The van der Waals surface area contributed by atoms with Crippen LogP contribution in [0.3, 0.4) is 0 Å². The summed E-state index contributed by atoms with van der Waals surface area (Å²) in [6.45, 7) is 3.19. The standard InChI is InChI=1S/C13H24N2O2S/c16-18(17)9-12(14-8-11-4-5-11)13(10-18)15-6-2-1-3-7-15/h11-14H,1-10H2/t12-,13-/m1/s1. The first kappa shape index (κ1) is 12.9. The highest BCUT2D eigenvalue weighted by molar-refractivity contribution is 7.91. The smallest absolute Gasteiger partial charge is 0.153 e. The number of piperidine rings is 1. The van der Waals surface area contributed by atoms with Crippen molar-refractivity contribution in [1.29, 1.82) is 0 Å². The molecule has 0 amide bonds. The van der Waals surface area contributed by atoms with E-state index in [4.69, 9.17) is 0 Å². The average Bonchev–Trinajstić information content (AvgIpc) is 3.12. The SMILES string of the molecule is O=S1(=O)C[C@@H](N2CCCCC2)[C@H](NCC2CC2)C1. The monoisotopic (exact) mass is 272 g/mol. The Kier molecular flexibility index (Phi) is 3.65. The van der Waals surface area contributed by atoms with Crippen LogP contribution in [0.2, 0.25) is 0 Å². The van der Waals surface area contributed by atoms with Crippen LogP contribution in [-0.4, -0.2) is 56.5 Å². The topological polar surface area (TPSA) is 49.4 Å². The van der Waals surface area contributed by atoms with Crippen molar-refractivity contribution in [3.63, 3.8) is 0 Å². The normalized spacial score (nSPS) is 36.9. The van der Waals surface area contributed by atoms with E-state index >= 15 is 0 Å².